The van der Waals surface area contributed by atoms with E-state index in [2.05, 4.69) is 0 Å². The molecule has 120 valence electrons. The number of carbonyl (C=O) groups excluding carboxylic acids is 1. The van der Waals surface area contributed by atoms with Gasteiger partial charge in [0, 0.05) is 17.5 Å². The van der Waals surface area contributed by atoms with Crippen molar-refractivity contribution in [1.82, 2.24) is 4.90 Å². The Morgan fingerprint density at radius 1 is 1.36 bits per heavy atom. The van der Waals surface area contributed by atoms with Gasteiger partial charge in [-0.1, -0.05) is 30.1 Å². The molecule has 1 aromatic carbocycles. The van der Waals surface area contributed by atoms with E-state index in [-0.39, 0.29) is 18.5 Å². The van der Waals surface area contributed by atoms with Gasteiger partial charge >= 0.3 is 5.97 Å². The van der Waals surface area contributed by atoms with E-state index in [0.29, 0.717) is 15.6 Å². The van der Waals surface area contributed by atoms with Crippen LogP contribution in [0.1, 0.15) is 30.1 Å². The summed E-state index contributed by atoms with van der Waals surface area (Å²) in [7, 11) is 0. The van der Waals surface area contributed by atoms with Gasteiger partial charge < -0.3 is 10.0 Å². The number of carboxylic acid groups (broad SMARTS) is 1. The summed E-state index contributed by atoms with van der Waals surface area (Å²) in [6, 6.07) is 3.35. The van der Waals surface area contributed by atoms with Crippen LogP contribution in [0.2, 0.25) is 10.0 Å². The molecule has 1 aromatic rings. The second-order valence-electron chi connectivity index (χ2n) is 5.39. The van der Waals surface area contributed by atoms with Gasteiger partial charge in [-0.25, -0.2) is 0 Å². The number of hydrogen-bond acceptors (Lipinski definition) is 3. The average molecular weight is 362 g/mol. The van der Waals surface area contributed by atoms with Crippen LogP contribution >= 0.6 is 35.0 Å². The van der Waals surface area contributed by atoms with Gasteiger partial charge in [-0.3, -0.25) is 9.59 Å². The third kappa shape index (κ3) is 3.89. The Kier molecular flexibility index (Phi) is 5.64. The van der Waals surface area contributed by atoms with Crippen molar-refractivity contribution >= 4 is 46.8 Å². The van der Waals surface area contributed by atoms with Crippen molar-refractivity contribution in [2.24, 2.45) is 5.92 Å². The van der Waals surface area contributed by atoms with E-state index in [1.807, 2.05) is 6.26 Å². The molecule has 1 aliphatic rings. The van der Waals surface area contributed by atoms with E-state index in [1.165, 1.54) is 11.8 Å². The third-order valence-electron chi connectivity index (χ3n) is 3.61. The smallest absolute Gasteiger partial charge is 0.308 e. The normalized spacial score (nSPS) is 15.5. The molecule has 4 nitrogen and oxygen atoms in total. The Morgan fingerprint density at radius 2 is 2.00 bits per heavy atom. The zero-order chi connectivity index (χ0) is 16.4. The second kappa shape index (κ2) is 7.11. The Bertz CT molecular complexity index is 605. The Hall–Kier alpha value is -0.910. The molecule has 1 fully saturated rings. The number of amides is 1. The van der Waals surface area contributed by atoms with Crippen LogP contribution in [0.15, 0.2) is 17.0 Å². The Morgan fingerprint density at radius 3 is 2.50 bits per heavy atom. The van der Waals surface area contributed by atoms with Gasteiger partial charge in [0.1, 0.15) is 0 Å². The van der Waals surface area contributed by atoms with E-state index in [9.17, 15) is 9.59 Å². The first kappa shape index (κ1) is 17.4. The highest BCUT2D eigenvalue weighted by Gasteiger charge is 2.35. The van der Waals surface area contributed by atoms with Crippen LogP contribution in [0.25, 0.3) is 0 Å². The second-order valence-corrected chi connectivity index (χ2v) is 7.06. The largest absolute Gasteiger partial charge is 0.481 e. The van der Waals surface area contributed by atoms with Crippen LogP contribution in [-0.4, -0.2) is 40.7 Å². The first-order valence-corrected chi connectivity index (χ1v) is 8.90. The van der Waals surface area contributed by atoms with Gasteiger partial charge in [0.15, 0.2) is 0 Å². The summed E-state index contributed by atoms with van der Waals surface area (Å²) in [5.74, 6) is -1.76. The van der Waals surface area contributed by atoms with E-state index < -0.39 is 11.9 Å². The molecule has 0 heterocycles. The molecule has 7 heteroatoms. The minimum absolute atomic E-state index is 0.110. The zero-order valence-corrected chi connectivity index (χ0v) is 14.6. The van der Waals surface area contributed by atoms with Crippen LogP contribution in [0.5, 0.6) is 0 Å². The van der Waals surface area contributed by atoms with Crippen molar-refractivity contribution < 1.29 is 14.7 Å². The molecule has 1 unspecified atom stereocenters. The highest BCUT2D eigenvalue weighted by atomic mass is 35.5. The number of hydrogen-bond donors (Lipinski definition) is 1. The molecule has 0 radical (unpaired) electrons. The summed E-state index contributed by atoms with van der Waals surface area (Å²) in [6.45, 7) is 1.79. The number of carbonyl (C=O) groups is 2. The Labute approximate surface area is 143 Å². The molecular weight excluding hydrogens is 345 g/mol. The maximum atomic E-state index is 12.8. The standard InChI is InChI=1S/C15H17Cl2NO3S/c1-8(15(20)21)7-18(9-3-4-9)14(19)10-5-13(22-2)12(17)6-11(10)16/h5-6,8-9H,3-4,7H2,1-2H3,(H,20,21). The maximum absolute atomic E-state index is 12.8. The molecule has 1 N–H and O–H groups in total. The SMILES string of the molecule is CSc1cc(C(=O)N(CC(C)C(=O)O)C2CC2)c(Cl)cc1Cl. The number of carboxylic acids is 1. The summed E-state index contributed by atoms with van der Waals surface area (Å²) in [6.07, 6.45) is 3.67. The molecule has 22 heavy (non-hydrogen) atoms. The monoisotopic (exact) mass is 361 g/mol. The lowest BCUT2D eigenvalue weighted by molar-refractivity contribution is -0.141. The summed E-state index contributed by atoms with van der Waals surface area (Å²) < 4.78 is 0. The van der Waals surface area contributed by atoms with Crippen molar-refractivity contribution in [2.75, 3.05) is 12.8 Å². The first-order valence-electron chi connectivity index (χ1n) is 6.92. The van der Waals surface area contributed by atoms with Crippen molar-refractivity contribution in [3.63, 3.8) is 0 Å². The average Bonchev–Trinajstić information content (AvgIpc) is 3.28. The van der Waals surface area contributed by atoms with Gasteiger partial charge in [-0.05, 0) is 31.2 Å². The summed E-state index contributed by atoms with van der Waals surface area (Å²) >= 11 is 13.7. The van der Waals surface area contributed by atoms with Gasteiger partial charge in [0.25, 0.3) is 5.91 Å². The minimum Gasteiger partial charge on any atom is -0.481 e. The number of nitrogens with zero attached hydrogens (tertiary/aromatic N) is 1. The fourth-order valence-corrected chi connectivity index (χ4v) is 3.35. The van der Waals surface area contributed by atoms with Crippen LogP contribution < -0.4 is 0 Å². The van der Waals surface area contributed by atoms with Gasteiger partial charge in [-0.2, -0.15) is 0 Å². The van der Waals surface area contributed by atoms with Gasteiger partial charge in [-0.15, -0.1) is 11.8 Å². The van der Waals surface area contributed by atoms with Crippen LogP contribution in [0.4, 0.5) is 0 Å². The lowest BCUT2D eigenvalue weighted by atomic mass is 10.1. The summed E-state index contributed by atoms with van der Waals surface area (Å²) in [4.78, 5) is 26.2. The van der Waals surface area contributed by atoms with Crippen LogP contribution in [0.3, 0.4) is 0 Å². The van der Waals surface area contributed by atoms with Crippen LogP contribution in [-0.2, 0) is 4.79 Å². The molecule has 1 saturated carbocycles. The molecule has 0 spiro atoms. The van der Waals surface area contributed by atoms with Gasteiger partial charge in [0.05, 0.1) is 21.5 Å². The quantitative estimate of drug-likeness (QED) is 0.776. The fourth-order valence-electron chi connectivity index (χ4n) is 2.16. The predicted octanol–water partition coefficient (Wildman–Crippen LogP) is 4.04. The van der Waals surface area contributed by atoms with E-state index >= 15 is 0 Å². The number of aliphatic carboxylic acids is 1. The maximum Gasteiger partial charge on any atom is 0.308 e. The van der Waals surface area contributed by atoms with E-state index in [0.717, 1.165) is 17.7 Å². The highest BCUT2D eigenvalue weighted by molar-refractivity contribution is 7.98. The predicted molar refractivity (Wildman–Crippen MR) is 89.1 cm³/mol. The van der Waals surface area contributed by atoms with Crippen molar-refractivity contribution in [1.29, 1.82) is 0 Å². The number of rotatable bonds is 6. The molecule has 0 aromatic heterocycles. The summed E-state index contributed by atoms with van der Waals surface area (Å²) in [5, 5.41) is 9.87. The third-order valence-corrected chi connectivity index (χ3v) is 5.13. The number of thioether (sulfide) groups is 1. The van der Waals surface area contributed by atoms with Crippen molar-refractivity contribution in [2.45, 2.75) is 30.7 Å². The van der Waals surface area contributed by atoms with Crippen molar-refractivity contribution in [3.05, 3.63) is 27.7 Å². The van der Waals surface area contributed by atoms with Gasteiger partial charge in [0.2, 0.25) is 0 Å². The zero-order valence-electron chi connectivity index (χ0n) is 12.3. The molecule has 1 amide bonds. The molecular formula is C15H17Cl2NO3S. The first-order chi connectivity index (χ1) is 10.3. The molecule has 0 bridgehead atoms. The van der Waals surface area contributed by atoms with E-state index in [4.69, 9.17) is 28.3 Å². The molecule has 2 rings (SSSR count). The number of halogens is 2. The topological polar surface area (TPSA) is 57.6 Å². The number of benzene rings is 1. The summed E-state index contributed by atoms with van der Waals surface area (Å²) in [5.41, 5.74) is 0.375. The fraction of sp³-hybridized carbons (Fsp3) is 0.467. The van der Waals surface area contributed by atoms with Crippen LogP contribution in [0, 0.1) is 5.92 Å². The molecule has 0 saturated heterocycles. The van der Waals surface area contributed by atoms with Crippen molar-refractivity contribution in [3.8, 4) is 0 Å². The molecule has 0 aliphatic heterocycles. The Balaban J connectivity index is 2.29. The molecule has 1 aliphatic carbocycles. The highest BCUT2D eigenvalue weighted by Crippen LogP contribution is 2.34. The van der Waals surface area contributed by atoms with E-state index in [1.54, 1.807) is 24.0 Å². The lowest BCUT2D eigenvalue weighted by Crippen LogP contribution is -2.38. The lowest BCUT2D eigenvalue weighted by Gasteiger charge is -2.25. The molecule has 1 atom stereocenters. The minimum atomic E-state index is -0.912.